The molecular formula is C11H13NO2. The van der Waals surface area contributed by atoms with Crippen LogP contribution in [0.25, 0.3) is 0 Å². The number of nitrogens with zero attached hydrogens (tertiary/aromatic N) is 1. The van der Waals surface area contributed by atoms with E-state index in [2.05, 4.69) is 5.16 Å². The van der Waals surface area contributed by atoms with Crippen LogP contribution in [0.1, 0.15) is 24.5 Å². The first kappa shape index (κ1) is 9.06. The summed E-state index contributed by atoms with van der Waals surface area (Å²) >= 11 is 0. The molecule has 1 aromatic carbocycles. The fourth-order valence-corrected chi connectivity index (χ4v) is 1.69. The predicted octanol–water partition coefficient (Wildman–Crippen LogP) is 2.08. The molecule has 0 fully saturated rings. The standard InChI is InChI=1S/C11H13NO2/c1-2-14-12-11-6-3-8-7-9(13)4-5-10(8)11/h4-5,7,13H,2-3,6H2,1H3. The monoisotopic (exact) mass is 191 g/mol. The summed E-state index contributed by atoms with van der Waals surface area (Å²) in [6.45, 7) is 2.51. The lowest BCUT2D eigenvalue weighted by Gasteiger charge is -2.00. The first-order chi connectivity index (χ1) is 6.81. The quantitative estimate of drug-likeness (QED) is 0.727. The van der Waals surface area contributed by atoms with Crippen LogP contribution in [0.15, 0.2) is 23.4 Å². The molecule has 0 atom stereocenters. The van der Waals surface area contributed by atoms with Crippen LogP contribution in [0, 0.1) is 0 Å². The largest absolute Gasteiger partial charge is 0.508 e. The predicted molar refractivity (Wildman–Crippen MR) is 54.6 cm³/mol. The van der Waals surface area contributed by atoms with Gasteiger partial charge in [-0.25, -0.2) is 0 Å². The zero-order valence-corrected chi connectivity index (χ0v) is 8.16. The van der Waals surface area contributed by atoms with Crippen molar-refractivity contribution >= 4 is 5.71 Å². The van der Waals surface area contributed by atoms with Crippen LogP contribution in [0.3, 0.4) is 0 Å². The molecular weight excluding hydrogens is 178 g/mol. The van der Waals surface area contributed by atoms with Crippen LogP contribution in [-0.2, 0) is 11.3 Å². The van der Waals surface area contributed by atoms with E-state index in [0.29, 0.717) is 12.4 Å². The van der Waals surface area contributed by atoms with Crippen LogP contribution in [0.4, 0.5) is 0 Å². The number of aryl methyl sites for hydroxylation is 1. The second-order valence-corrected chi connectivity index (χ2v) is 3.30. The Kier molecular flexibility index (Phi) is 2.39. The van der Waals surface area contributed by atoms with Gasteiger partial charge in [0.2, 0.25) is 0 Å². The van der Waals surface area contributed by atoms with Crippen LogP contribution >= 0.6 is 0 Å². The lowest BCUT2D eigenvalue weighted by molar-refractivity contribution is 0.158. The fraction of sp³-hybridized carbons (Fsp3) is 0.364. The lowest BCUT2D eigenvalue weighted by atomic mass is 10.1. The highest BCUT2D eigenvalue weighted by molar-refractivity contribution is 6.04. The maximum Gasteiger partial charge on any atom is 0.115 e. The van der Waals surface area contributed by atoms with Crippen LogP contribution in [0.2, 0.25) is 0 Å². The summed E-state index contributed by atoms with van der Waals surface area (Å²) < 4.78 is 0. The van der Waals surface area contributed by atoms with Crippen molar-refractivity contribution in [2.45, 2.75) is 19.8 Å². The number of aromatic hydroxyl groups is 1. The van der Waals surface area contributed by atoms with Gasteiger partial charge in [0.15, 0.2) is 0 Å². The van der Waals surface area contributed by atoms with Gasteiger partial charge in [0.25, 0.3) is 0 Å². The van der Waals surface area contributed by atoms with Crippen LogP contribution in [-0.4, -0.2) is 17.4 Å². The number of hydrogen-bond donors (Lipinski definition) is 1. The van der Waals surface area contributed by atoms with Crippen molar-refractivity contribution in [2.75, 3.05) is 6.61 Å². The molecule has 0 aromatic heterocycles. The molecule has 0 radical (unpaired) electrons. The van der Waals surface area contributed by atoms with E-state index >= 15 is 0 Å². The number of oxime groups is 1. The lowest BCUT2D eigenvalue weighted by Crippen LogP contribution is -1.95. The zero-order chi connectivity index (χ0) is 9.97. The van der Waals surface area contributed by atoms with Crippen molar-refractivity contribution in [2.24, 2.45) is 5.16 Å². The Morgan fingerprint density at radius 3 is 3.07 bits per heavy atom. The molecule has 1 aliphatic carbocycles. The molecule has 0 amide bonds. The van der Waals surface area contributed by atoms with Crippen LogP contribution < -0.4 is 0 Å². The van der Waals surface area contributed by atoms with E-state index in [4.69, 9.17) is 4.84 Å². The third-order valence-electron chi connectivity index (χ3n) is 2.33. The molecule has 3 nitrogen and oxygen atoms in total. The number of fused-ring (bicyclic) bond motifs is 1. The van der Waals surface area contributed by atoms with Crippen molar-refractivity contribution in [3.05, 3.63) is 29.3 Å². The summed E-state index contributed by atoms with van der Waals surface area (Å²) in [4.78, 5) is 5.03. The summed E-state index contributed by atoms with van der Waals surface area (Å²) in [5.41, 5.74) is 3.25. The van der Waals surface area contributed by atoms with Gasteiger partial charge in [0.05, 0.1) is 5.71 Å². The summed E-state index contributed by atoms with van der Waals surface area (Å²) in [6.07, 6.45) is 1.84. The number of rotatable bonds is 2. The molecule has 0 aliphatic heterocycles. The molecule has 0 unspecified atom stereocenters. The minimum atomic E-state index is 0.321. The van der Waals surface area contributed by atoms with Crippen molar-refractivity contribution in [1.82, 2.24) is 0 Å². The van der Waals surface area contributed by atoms with Crippen molar-refractivity contribution in [3.8, 4) is 5.75 Å². The highest BCUT2D eigenvalue weighted by atomic mass is 16.6. The highest BCUT2D eigenvalue weighted by Gasteiger charge is 2.18. The normalized spacial score (nSPS) is 17.1. The van der Waals surface area contributed by atoms with Gasteiger partial charge in [0, 0.05) is 5.56 Å². The molecule has 0 saturated carbocycles. The maximum absolute atomic E-state index is 9.29. The molecule has 0 bridgehead atoms. The smallest absolute Gasteiger partial charge is 0.115 e. The molecule has 0 saturated heterocycles. The molecule has 3 heteroatoms. The number of benzene rings is 1. The zero-order valence-electron chi connectivity index (χ0n) is 8.16. The minimum absolute atomic E-state index is 0.321. The first-order valence-electron chi connectivity index (χ1n) is 4.82. The second kappa shape index (κ2) is 3.70. The number of hydrogen-bond acceptors (Lipinski definition) is 3. The van der Waals surface area contributed by atoms with E-state index in [1.165, 1.54) is 0 Å². The first-order valence-corrected chi connectivity index (χ1v) is 4.82. The Morgan fingerprint density at radius 2 is 2.29 bits per heavy atom. The third kappa shape index (κ3) is 1.58. The average Bonchev–Trinajstić information content (AvgIpc) is 2.57. The Hall–Kier alpha value is -1.51. The minimum Gasteiger partial charge on any atom is -0.508 e. The van der Waals surface area contributed by atoms with Crippen molar-refractivity contribution < 1.29 is 9.94 Å². The summed E-state index contributed by atoms with van der Waals surface area (Å²) in [5, 5.41) is 13.3. The van der Waals surface area contributed by atoms with E-state index < -0.39 is 0 Å². The second-order valence-electron chi connectivity index (χ2n) is 3.30. The number of phenolic OH excluding ortho intramolecular Hbond substituents is 1. The van der Waals surface area contributed by atoms with Crippen molar-refractivity contribution in [3.63, 3.8) is 0 Å². The Labute approximate surface area is 83.0 Å². The Bertz CT molecular complexity index is 372. The summed E-state index contributed by atoms with van der Waals surface area (Å²) in [7, 11) is 0. The molecule has 0 spiro atoms. The molecule has 1 N–H and O–H groups in total. The van der Waals surface area contributed by atoms with Gasteiger partial charge < -0.3 is 9.94 Å². The fourth-order valence-electron chi connectivity index (χ4n) is 1.69. The van der Waals surface area contributed by atoms with E-state index in [-0.39, 0.29) is 0 Å². The van der Waals surface area contributed by atoms with Crippen LogP contribution in [0.5, 0.6) is 5.75 Å². The molecule has 2 rings (SSSR count). The molecule has 0 heterocycles. The van der Waals surface area contributed by atoms with Gasteiger partial charge in [-0.2, -0.15) is 0 Å². The topological polar surface area (TPSA) is 41.8 Å². The summed E-state index contributed by atoms with van der Waals surface area (Å²) in [5.74, 6) is 0.321. The van der Waals surface area contributed by atoms with E-state index in [0.717, 1.165) is 29.7 Å². The Morgan fingerprint density at radius 1 is 1.43 bits per heavy atom. The molecule has 1 aromatic rings. The highest BCUT2D eigenvalue weighted by Crippen LogP contribution is 2.26. The van der Waals surface area contributed by atoms with Gasteiger partial charge in [-0.15, -0.1) is 0 Å². The molecule has 14 heavy (non-hydrogen) atoms. The summed E-state index contributed by atoms with van der Waals surface area (Å²) in [6, 6.07) is 5.38. The maximum atomic E-state index is 9.29. The SMILES string of the molecule is CCON=C1CCc2cc(O)ccc21. The van der Waals surface area contributed by atoms with Crippen molar-refractivity contribution in [1.29, 1.82) is 0 Å². The van der Waals surface area contributed by atoms with Gasteiger partial charge >= 0.3 is 0 Å². The average molecular weight is 191 g/mol. The third-order valence-corrected chi connectivity index (χ3v) is 2.33. The van der Waals surface area contributed by atoms with Gasteiger partial charge in [-0.1, -0.05) is 5.16 Å². The Balaban J connectivity index is 2.31. The van der Waals surface area contributed by atoms with E-state index in [1.54, 1.807) is 12.1 Å². The van der Waals surface area contributed by atoms with Gasteiger partial charge in [0.1, 0.15) is 12.4 Å². The van der Waals surface area contributed by atoms with Gasteiger partial charge in [-0.05, 0) is 43.5 Å². The molecule has 1 aliphatic rings. The van der Waals surface area contributed by atoms with E-state index in [9.17, 15) is 5.11 Å². The molecule has 74 valence electrons. The van der Waals surface area contributed by atoms with Gasteiger partial charge in [-0.3, -0.25) is 0 Å². The number of phenols is 1. The van der Waals surface area contributed by atoms with E-state index in [1.807, 2.05) is 13.0 Å².